The van der Waals surface area contributed by atoms with Gasteiger partial charge >= 0.3 is 5.97 Å². The van der Waals surface area contributed by atoms with E-state index in [-0.39, 0.29) is 12.1 Å². The summed E-state index contributed by atoms with van der Waals surface area (Å²) in [6.07, 6.45) is 2.18. The molecule has 0 spiro atoms. The second-order valence-corrected chi connectivity index (χ2v) is 4.92. The zero-order valence-electron chi connectivity index (χ0n) is 10.6. The van der Waals surface area contributed by atoms with Gasteiger partial charge in [-0.05, 0) is 37.8 Å². The van der Waals surface area contributed by atoms with Gasteiger partial charge in [-0.1, -0.05) is 0 Å². The highest BCUT2D eigenvalue weighted by Crippen LogP contribution is 2.40. The summed E-state index contributed by atoms with van der Waals surface area (Å²) in [5.41, 5.74) is 0.0129. The lowest BCUT2D eigenvalue weighted by molar-refractivity contribution is -0.385. The van der Waals surface area contributed by atoms with Crippen LogP contribution in [-0.2, 0) is 4.79 Å². The molecule has 0 unspecified atom stereocenters. The van der Waals surface area contributed by atoms with Crippen LogP contribution in [0, 0.1) is 17.0 Å². The van der Waals surface area contributed by atoms with E-state index in [2.05, 4.69) is 0 Å². The van der Waals surface area contributed by atoms with Gasteiger partial charge < -0.3 is 9.84 Å². The number of nitro benzene ring substituents is 1. The van der Waals surface area contributed by atoms with Gasteiger partial charge in [0.15, 0.2) is 0 Å². The molecular weight excluding hydrogens is 250 g/mol. The molecule has 6 nitrogen and oxygen atoms in total. The number of rotatable bonds is 5. The van der Waals surface area contributed by atoms with Crippen molar-refractivity contribution in [1.29, 1.82) is 0 Å². The van der Waals surface area contributed by atoms with Crippen LogP contribution >= 0.6 is 0 Å². The van der Waals surface area contributed by atoms with E-state index in [1.54, 1.807) is 13.0 Å². The van der Waals surface area contributed by atoms with Gasteiger partial charge in [0.05, 0.1) is 17.4 Å². The van der Waals surface area contributed by atoms with Crippen molar-refractivity contribution >= 4 is 11.7 Å². The first-order valence-electron chi connectivity index (χ1n) is 6.08. The topological polar surface area (TPSA) is 89.7 Å². The third kappa shape index (κ3) is 2.83. The maximum atomic E-state index is 10.9. The summed E-state index contributed by atoms with van der Waals surface area (Å²) in [5, 5.41) is 19.7. The second-order valence-electron chi connectivity index (χ2n) is 4.92. The van der Waals surface area contributed by atoms with Gasteiger partial charge in [0.2, 0.25) is 0 Å². The van der Waals surface area contributed by atoms with E-state index in [4.69, 9.17) is 9.84 Å². The van der Waals surface area contributed by atoms with Crippen molar-refractivity contribution in [2.75, 3.05) is 0 Å². The molecule has 0 radical (unpaired) electrons. The van der Waals surface area contributed by atoms with Gasteiger partial charge in [-0.3, -0.25) is 14.9 Å². The van der Waals surface area contributed by atoms with Crippen LogP contribution in [0.25, 0.3) is 0 Å². The van der Waals surface area contributed by atoms with Crippen LogP contribution in [0.1, 0.15) is 31.2 Å². The fourth-order valence-electron chi connectivity index (χ4n) is 2.21. The van der Waals surface area contributed by atoms with Gasteiger partial charge in [0.25, 0.3) is 5.69 Å². The molecule has 0 heterocycles. The van der Waals surface area contributed by atoms with Gasteiger partial charge in [-0.15, -0.1) is 0 Å². The largest absolute Gasteiger partial charge is 0.486 e. The Balaban J connectivity index is 2.24. The highest BCUT2D eigenvalue weighted by atomic mass is 16.6. The minimum Gasteiger partial charge on any atom is -0.486 e. The number of nitro groups is 1. The average molecular weight is 265 g/mol. The molecule has 19 heavy (non-hydrogen) atoms. The van der Waals surface area contributed by atoms with E-state index in [9.17, 15) is 14.9 Å². The molecule has 0 bridgehead atoms. The Morgan fingerprint density at radius 2 is 2.21 bits per heavy atom. The first-order chi connectivity index (χ1) is 8.92. The van der Waals surface area contributed by atoms with Gasteiger partial charge in [0, 0.05) is 6.07 Å². The SMILES string of the molecule is Cc1ccc([N+](=O)[O-])cc1OC1(CC(=O)O)CCC1. The van der Waals surface area contributed by atoms with E-state index in [0.29, 0.717) is 18.6 Å². The fraction of sp³-hybridized carbons (Fsp3) is 0.462. The van der Waals surface area contributed by atoms with Crippen LogP contribution in [0.3, 0.4) is 0 Å². The third-order valence-corrected chi connectivity index (χ3v) is 3.45. The van der Waals surface area contributed by atoms with Crippen LogP contribution in [0.5, 0.6) is 5.75 Å². The van der Waals surface area contributed by atoms with Crippen molar-refractivity contribution in [2.45, 2.75) is 38.2 Å². The number of non-ortho nitro benzene ring substituents is 1. The molecule has 0 saturated heterocycles. The molecule has 6 heteroatoms. The lowest BCUT2D eigenvalue weighted by Gasteiger charge is -2.41. The fourth-order valence-corrected chi connectivity index (χ4v) is 2.21. The van der Waals surface area contributed by atoms with Crippen molar-refractivity contribution in [3.8, 4) is 5.75 Å². The number of benzene rings is 1. The molecule has 1 aliphatic rings. The first-order valence-corrected chi connectivity index (χ1v) is 6.08. The Hall–Kier alpha value is -2.11. The smallest absolute Gasteiger partial charge is 0.307 e. The van der Waals surface area contributed by atoms with Gasteiger partial charge in [0.1, 0.15) is 11.4 Å². The number of aryl methyl sites for hydroxylation is 1. The number of carboxylic acid groups (broad SMARTS) is 1. The minimum absolute atomic E-state index is 0.0506. The summed E-state index contributed by atoms with van der Waals surface area (Å²) in [6.45, 7) is 1.78. The zero-order valence-corrected chi connectivity index (χ0v) is 10.6. The number of nitrogens with zero attached hydrogens (tertiary/aromatic N) is 1. The highest BCUT2D eigenvalue weighted by Gasteiger charge is 2.42. The van der Waals surface area contributed by atoms with E-state index in [1.165, 1.54) is 12.1 Å². The Bertz CT molecular complexity index is 522. The Labute approximate surface area is 110 Å². The van der Waals surface area contributed by atoms with Crippen LogP contribution in [-0.4, -0.2) is 21.6 Å². The Morgan fingerprint density at radius 1 is 1.53 bits per heavy atom. The summed E-state index contributed by atoms with van der Waals surface area (Å²) in [6, 6.07) is 4.38. The van der Waals surface area contributed by atoms with E-state index < -0.39 is 16.5 Å². The second kappa shape index (κ2) is 4.87. The van der Waals surface area contributed by atoms with Crippen molar-refractivity contribution in [1.82, 2.24) is 0 Å². The van der Waals surface area contributed by atoms with Crippen molar-refractivity contribution < 1.29 is 19.6 Å². The number of ether oxygens (including phenoxy) is 1. The summed E-state index contributed by atoms with van der Waals surface area (Å²) >= 11 is 0. The minimum atomic E-state index is -0.914. The molecule has 1 aliphatic carbocycles. The predicted molar refractivity (Wildman–Crippen MR) is 67.3 cm³/mol. The lowest BCUT2D eigenvalue weighted by Crippen LogP contribution is -2.45. The molecule has 1 aromatic rings. The predicted octanol–water partition coefficient (Wildman–Crippen LogP) is 2.68. The lowest BCUT2D eigenvalue weighted by atomic mass is 9.77. The van der Waals surface area contributed by atoms with E-state index in [1.807, 2.05) is 0 Å². The van der Waals surface area contributed by atoms with Crippen LogP contribution < -0.4 is 4.74 Å². The maximum absolute atomic E-state index is 10.9. The van der Waals surface area contributed by atoms with E-state index >= 15 is 0 Å². The van der Waals surface area contributed by atoms with Crippen molar-refractivity contribution in [3.05, 3.63) is 33.9 Å². The molecular formula is C13H15NO5. The van der Waals surface area contributed by atoms with Crippen LogP contribution in [0.15, 0.2) is 18.2 Å². The van der Waals surface area contributed by atoms with Gasteiger partial charge in [-0.2, -0.15) is 0 Å². The Morgan fingerprint density at radius 3 is 2.68 bits per heavy atom. The third-order valence-electron chi connectivity index (χ3n) is 3.45. The normalized spacial score (nSPS) is 16.5. The molecule has 0 aromatic heterocycles. The molecule has 0 aliphatic heterocycles. The number of hydrogen-bond acceptors (Lipinski definition) is 4. The molecule has 1 saturated carbocycles. The molecule has 2 rings (SSSR count). The number of aliphatic carboxylic acids is 1. The number of carboxylic acids is 1. The summed E-state index contributed by atoms with van der Waals surface area (Å²) in [5.74, 6) is -0.516. The summed E-state index contributed by atoms with van der Waals surface area (Å²) in [7, 11) is 0. The molecule has 1 fully saturated rings. The first kappa shape index (κ1) is 13.3. The zero-order chi connectivity index (χ0) is 14.0. The van der Waals surface area contributed by atoms with Crippen molar-refractivity contribution in [3.63, 3.8) is 0 Å². The molecule has 0 atom stereocenters. The quantitative estimate of drug-likeness (QED) is 0.653. The summed E-state index contributed by atoms with van der Waals surface area (Å²) < 4.78 is 5.79. The van der Waals surface area contributed by atoms with E-state index in [0.717, 1.165) is 12.0 Å². The maximum Gasteiger partial charge on any atom is 0.307 e. The number of carbonyl (C=O) groups is 1. The van der Waals surface area contributed by atoms with Gasteiger partial charge in [-0.25, -0.2) is 0 Å². The average Bonchev–Trinajstić information content (AvgIpc) is 2.28. The molecule has 0 amide bonds. The number of hydrogen-bond donors (Lipinski definition) is 1. The molecule has 1 N–H and O–H groups in total. The van der Waals surface area contributed by atoms with Crippen LogP contribution in [0.4, 0.5) is 5.69 Å². The molecule has 1 aromatic carbocycles. The summed E-state index contributed by atoms with van der Waals surface area (Å²) in [4.78, 5) is 21.1. The molecule has 102 valence electrons. The standard InChI is InChI=1S/C13H15NO5/c1-9-3-4-10(14(17)18)7-11(9)19-13(5-2-6-13)8-12(15)16/h3-4,7H,2,5-6,8H2,1H3,(H,15,16). The van der Waals surface area contributed by atoms with Crippen molar-refractivity contribution in [2.24, 2.45) is 0 Å². The monoisotopic (exact) mass is 265 g/mol. The Kier molecular flexibility index (Phi) is 3.42. The highest BCUT2D eigenvalue weighted by molar-refractivity contribution is 5.68. The van der Waals surface area contributed by atoms with Crippen LogP contribution in [0.2, 0.25) is 0 Å².